The Morgan fingerprint density at radius 1 is 1.12 bits per heavy atom. The summed E-state index contributed by atoms with van der Waals surface area (Å²) in [6.07, 6.45) is 0.808. The highest BCUT2D eigenvalue weighted by atomic mass is 16.4. The number of nitrogens with one attached hydrogen (secondary N) is 2. The van der Waals surface area contributed by atoms with Crippen LogP contribution in [0.25, 0.3) is 11.0 Å². The molecule has 0 fully saturated rings. The molecule has 24 heavy (non-hydrogen) atoms. The van der Waals surface area contributed by atoms with Gasteiger partial charge in [0.25, 0.3) is 5.91 Å². The molecule has 122 valence electrons. The summed E-state index contributed by atoms with van der Waals surface area (Å²) in [6.45, 7) is 2.35. The number of aromatic nitrogens is 2. The number of carboxylic acids is 1. The van der Waals surface area contributed by atoms with E-state index in [4.69, 9.17) is 5.11 Å². The van der Waals surface area contributed by atoms with Crippen molar-refractivity contribution in [1.82, 2.24) is 15.3 Å². The van der Waals surface area contributed by atoms with E-state index in [2.05, 4.69) is 15.3 Å². The molecule has 0 saturated heterocycles. The fraction of sp³-hybridized carbons (Fsp3) is 0.167. The molecule has 1 aromatic heterocycles. The van der Waals surface area contributed by atoms with Gasteiger partial charge in [-0.05, 0) is 35.9 Å². The van der Waals surface area contributed by atoms with Gasteiger partial charge in [0.05, 0.1) is 16.6 Å². The average Bonchev–Trinajstić information content (AvgIpc) is 3.02. The van der Waals surface area contributed by atoms with E-state index >= 15 is 0 Å². The number of H-pyrrole nitrogens is 1. The first-order valence-corrected chi connectivity index (χ1v) is 7.66. The molecule has 0 aliphatic rings. The van der Waals surface area contributed by atoms with Crippen molar-refractivity contribution < 1.29 is 14.7 Å². The topological polar surface area (TPSA) is 95.1 Å². The Hall–Kier alpha value is -3.15. The Morgan fingerprint density at radius 3 is 2.50 bits per heavy atom. The van der Waals surface area contributed by atoms with E-state index in [1.54, 1.807) is 24.3 Å². The fourth-order valence-corrected chi connectivity index (χ4v) is 2.42. The predicted octanol–water partition coefficient (Wildman–Crippen LogP) is 2.75. The number of carboxylic acid groups (broad SMARTS) is 1. The number of hydrogen-bond donors (Lipinski definition) is 3. The zero-order chi connectivity index (χ0) is 17.1. The van der Waals surface area contributed by atoms with Crippen LogP contribution in [0.2, 0.25) is 0 Å². The standard InChI is InChI=1S/C18H17N3O3/c1-2-16-20-14-8-7-13(9-15(14)21-16)17(22)19-10-11-3-5-12(6-4-11)18(23)24/h3-9H,2,10H2,1H3,(H,19,22)(H,20,21)(H,23,24). The van der Waals surface area contributed by atoms with Gasteiger partial charge in [-0.25, -0.2) is 9.78 Å². The third kappa shape index (κ3) is 3.27. The van der Waals surface area contributed by atoms with Crippen molar-refractivity contribution in [2.24, 2.45) is 0 Å². The van der Waals surface area contributed by atoms with Crippen molar-refractivity contribution in [2.45, 2.75) is 19.9 Å². The van der Waals surface area contributed by atoms with Crippen LogP contribution in [0.5, 0.6) is 0 Å². The lowest BCUT2D eigenvalue weighted by atomic mass is 10.1. The average molecular weight is 323 g/mol. The van der Waals surface area contributed by atoms with Gasteiger partial charge in [-0.3, -0.25) is 4.79 Å². The number of carbonyl (C=O) groups excluding carboxylic acids is 1. The van der Waals surface area contributed by atoms with Crippen molar-refractivity contribution in [1.29, 1.82) is 0 Å². The molecule has 2 aromatic carbocycles. The number of rotatable bonds is 5. The van der Waals surface area contributed by atoms with Gasteiger partial charge >= 0.3 is 5.97 Å². The molecule has 1 amide bonds. The molecule has 0 bridgehead atoms. The summed E-state index contributed by atoms with van der Waals surface area (Å²) in [5, 5.41) is 11.7. The summed E-state index contributed by atoms with van der Waals surface area (Å²) in [4.78, 5) is 30.7. The number of amides is 1. The first kappa shape index (κ1) is 15.7. The zero-order valence-electron chi connectivity index (χ0n) is 13.2. The maximum absolute atomic E-state index is 12.3. The van der Waals surface area contributed by atoms with Crippen molar-refractivity contribution in [3.63, 3.8) is 0 Å². The normalized spacial score (nSPS) is 10.7. The molecule has 0 unspecified atom stereocenters. The third-order valence-electron chi connectivity index (χ3n) is 3.78. The molecular weight excluding hydrogens is 306 g/mol. The Kier molecular flexibility index (Phi) is 4.29. The number of fused-ring (bicyclic) bond motifs is 1. The van der Waals surface area contributed by atoms with Gasteiger partial charge in [0.2, 0.25) is 0 Å². The van der Waals surface area contributed by atoms with Crippen LogP contribution in [0, 0.1) is 0 Å². The monoisotopic (exact) mass is 323 g/mol. The fourth-order valence-electron chi connectivity index (χ4n) is 2.42. The molecule has 1 heterocycles. The molecule has 6 heteroatoms. The summed E-state index contributed by atoms with van der Waals surface area (Å²) >= 11 is 0. The molecule has 3 aromatic rings. The van der Waals surface area contributed by atoms with E-state index in [0.717, 1.165) is 28.8 Å². The predicted molar refractivity (Wildman–Crippen MR) is 90.0 cm³/mol. The van der Waals surface area contributed by atoms with E-state index in [1.807, 2.05) is 13.0 Å². The lowest BCUT2D eigenvalue weighted by molar-refractivity contribution is 0.0696. The van der Waals surface area contributed by atoms with E-state index in [0.29, 0.717) is 12.1 Å². The van der Waals surface area contributed by atoms with Gasteiger partial charge in [0.15, 0.2) is 0 Å². The summed E-state index contributed by atoms with van der Waals surface area (Å²) in [7, 11) is 0. The van der Waals surface area contributed by atoms with E-state index in [-0.39, 0.29) is 11.5 Å². The Balaban J connectivity index is 1.69. The van der Waals surface area contributed by atoms with Gasteiger partial charge in [0.1, 0.15) is 5.82 Å². The van der Waals surface area contributed by atoms with Crippen LogP contribution in [0.1, 0.15) is 39.0 Å². The molecular formula is C18H17N3O3. The van der Waals surface area contributed by atoms with Crippen LogP contribution in [-0.2, 0) is 13.0 Å². The summed E-state index contributed by atoms with van der Waals surface area (Å²) in [6, 6.07) is 11.8. The maximum Gasteiger partial charge on any atom is 0.335 e. The molecule has 0 saturated carbocycles. The minimum absolute atomic E-state index is 0.188. The van der Waals surface area contributed by atoms with Crippen LogP contribution in [-0.4, -0.2) is 27.0 Å². The number of nitrogens with zero attached hydrogens (tertiary/aromatic N) is 1. The lowest BCUT2D eigenvalue weighted by Crippen LogP contribution is -2.22. The number of aromatic amines is 1. The molecule has 0 spiro atoms. The highest BCUT2D eigenvalue weighted by molar-refractivity contribution is 5.97. The minimum atomic E-state index is -0.968. The minimum Gasteiger partial charge on any atom is -0.478 e. The quantitative estimate of drug-likeness (QED) is 0.673. The van der Waals surface area contributed by atoms with E-state index in [9.17, 15) is 9.59 Å². The van der Waals surface area contributed by atoms with Crippen molar-refractivity contribution in [2.75, 3.05) is 0 Å². The molecule has 0 radical (unpaired) electrons. The van der Waals surface area contributed by atoms with Gasteiger partial charge in [-0.2, -0.15) is 0 Å². The highest BCUT2D eigenvalue weighted by Crippen LogP contribution is 2.14. The SMILES string of the molecule is CCc1nc2ccc(C(=O)NCc3ccc(C(=O)O)cc3)cc2[nH]1. The molecule has 0 aliphatic heterocycles. The zero-order valence-corrected chi connectivity index (χ0v) is 13.2. The van der Waals surface area contributed by atoms with Crippen molar-refractivity contribution >= 4 is 22.9 Å². The Bertz CT molecular complexity index is 898. The van der Waals surface area contributed by atoms with Crippen LogP contribution < -0.4 is 5.32 Å². The summed E-state index contributed by atoms with van der Waals surface area (Å²) < 4.78 is 0. The second kappa shape index (κ2) is 6.54. The number of hydrogen-bond acceptors (Lipinski definition) is 3. The van der Waals surface area contributed by atoms with Gasteiger partial charge < -0.3 is 15.4 Å². The molecule has 0 atom stereocenters. The van der Waals surface area contributed by atoms with E-state index < -0.39 is 5.97 Å². The van der Waals surface area contributed by atoms with Crippen LogP contribution in [0.15, 0.2) is 42.5 Å². The number of aromatic carboxylic acids is 1. The number of carbonyl (C=O) groups is 2. The van der Waals surface area contributed by atoms with Crippen LogP contribution >= 0.6 is 0 Å². The van der Waals surface area contributed by atoms with Crippen molar-refractivity contribution in [3.05, 3.63) is 65.0 Å². The summed E-state index contributed by atoms with van der Waals surface area (Å²) in [5.74, 6) is -0.266. The highest BCUT2D eigenvalue weighted by Gasteiger charge is 2.09. The third-order valence-corrected chi connectivity index (χ3v) is 3.78. The van der Waals surface area contributed by atoms with Gasteiger partial charge in [0, 0.05) is 18.5 Å². The number of aryl methyl sites for hydroxylation is 1. The molecule has 0 aliphatic carbocycles. The van der Waals surface area contributed by atoms with Crippen molar-refractivity contribution in [3.8, 4) is 0 Å². The largest absolute Gasteiger partial charge is 0.478 e. The molecule has 3 rings (SSSR count). The van der Waals surface area contributed by atoms with Gasteiger partial charge in [-0.15, -0.1) is 0 Å². The second-order valence-electron chi connectivity index (χ2n) is 5.45. The number of benzene rings is 2. The van der Waals surface area contributed by atoms with E-state index in [1.165, 1.54) is 12.1 Å². The second-order valence-corrected chi connectivity index (χ2v) is 5.45. The van der Waals surface area contributed by atoms with Crippen LogP contribution in [0.4, 0.5) is 0 Å². The first-order valence-electron chi connectivity index (χ1n) is 7.66. The van der Waals surface area contributed by atoms with Gasteiger partial charge in [-0.1, -0.05) is 19.1 Å². The summed E-state index contributed by atoms with van der Waals surface area (Å²) in [5.41, 5.74) is 3.29. The lowest BCUT2D eigenvalue weighted by Gasteiger charge is -2.06. The first-order chi connectivity index (χ1) is 11.6. The maximum atomic E-state index is 12.3. The Labute approximate surface area is 138 Å². The molecule has 6 nitrogen and oxygen atoms in total. The Morgan fingerprint density at radius 2 is 1.83 bits per heavy atom. The van der Waals surface area contributed by atoms with Crippen LogP contribution in [0.3, 0.4) is 0 Å². The molecule has 3 N–H and O–H groups in total. The number of imidazole rings is 1. The smallest absolute Gasteiger partial charge is 0.335 e.